The van der Waals surface area contributed by atoms with E-state index in [-0.39, 0.29) is 0 Å². The third-order valence-electron chi connectivity index (χ3n) is 1.89. The Bertz CT molecular complexity index is 439. The van der Waals surface area contributed by atoms with Gasteiger partial charge in [-0.25, -0.2) is 4.98 Å². The molecule has 0 saturated heterocycles. The molecule has 2 aromatic rings. The highest BCUT2D eigenvalue weighted by atomic mass is 16.4. The van der Waals surface area contributed by atoms with E-state index >= 15 is 0 Å². The molecule has 2 rings (SSSR count). The van der Waals surface area contributed by atoms with Crippen molar-refractivity contribution in [2.24, 2.45) is 0 Å². The molecular weight excluding hydrogens is 167 g/mol. The predicted molar refractivity (Wildman–Crippen MR) is 49.8 cm³/mol. The molecule has 0 saturated carbocycles. The molecule has 0 aromatic carbocycles. The zero-order valence-electron chi connectivity index (χ0n) is 7.18. The van der Waals surface area contributed by atoms with Crippen LogP contribution in [0.2, 0.25) is 0 Å². The Hall–Kier alpha value is -1.33. The number of pyridine rings is 1. The van der Waals surface area contributed by atoms with Crippen molar-refractivity contribution < 1.29 is 10.0 Å². The summed E-state index contributed by atoms with van der Waals surface area (Å²) >= 11 is 0. The van der Waals surface area contributed by atoms with Crippen LogP contribution in [0.3, 0.4) is 0 Å². The monoisotopic (exact) mass is 176 g/mol. The topological polar surface area (TPSA) is 57.8 Å². The van der Waals surface area contributed by atoms with E-state index in [0.29, 0.717) is 5.46 Å². The van der Waals surface area contributed by atoms with Gasteiger partial charge in [0.1, 0.15) is 5.65 Å². The van der Waals surface area contributed by atoms with E-state index in [2.05, 4.69) is 4.98 Å². The van der Waals surface area contributed by atoms with Crippen molar-refractivity contribution in [2.45, 2.75) is 6.92 Å². The molecule has 5 heteroatoms. The van der Waals surface area contributed by atoms with Crippen molar-refractivity contribution in [3.63, 3.8) is 0 Å². The first-order chi connectivity index (χ1) is 6.16. The third-order valence-corrected chi connectivity index (χ3v) is 1.89. The zero-order valence-corrected chi connectivity index (χ0v) is 7.18. The van der Waals surface area contributed by atoms with Gasteiger partial charge in [-0.05, 0) is 18.5 Å². The Balaban J connectivity index is 2.61. The van der Waals surface area contributed by atoms with Gasteiger partial charge in [0.15, 0.2) is 0 Å². The predicted octanol–water partition coefficient (Wildman–Crippen LogP) is -0.677. The Morgan fingerprint density at radius 1 is 1.31 bits per heavy atom. The van der Waals surface area contributed by atoms with Gasteiger partial charge in [-0.1, -0.05) is 6.07 Å². The van der Waals surface area contributed by atoms with Crippen LogP contribution in [0, 0.1) is 6.92 Å². The van der Waals surface area contributed by atoms with Crippen LogP contribution in [-0.2, 0) is 0 Å². The number of hydrogen-bond donors (Lipinski definition) is 2. The van der Waals surface area contributed by atoms with Gasteiger partial charge >= 0.3 is 7.12 Å². The largest absolute Gasteiger partial charge is 0.489 e. The van der Waals surface area contributed by atoms with E-state index < -0.39 is 7.12 Å². The van der Waals surface area contributed by atoms with Gasteiger partial charge in [0.2, 0.25) is 0 Å². The first-order valence-corrected chi connectivity index (χ1v) is 3.98. The standard InChI is InChI=1S/C8H9BN2O2/c1-6-4-11-5-7(9(12)13)2-3-8(11)10-6/h2-5,12-13H,1H3. The van der Waals surface area contributed by atoms with Crippen LogP contribution in [0.15, 0.2) is 24.5 Å². The summed E-state index contributed by atoms with van der Waals surface area (Å²) in [6, 6.07) is 3.40. The summed E-state index contributed by atoms with van der Waals surface area (Å²) < 4.78 is 1.77. The van der Waals surface area contributed by atoms with E-state index in [1.807, 2.05) is 13.1 Å². The quantitative estimate of drug-likeness (QED) is 0.566. The summed E-state index contributed by atoms with van der Waals surface area (Å²) in [7, 11) is -1.42. The van der Waals surface area contributed by atoms with Gasteiger partial charge in [0.25, 0.3) is 0 Å². The maximum atomic E-state index is 8.91. The second kappa shape index (κ2) is 2.87. The molecule has 2 heterocycles. The molecule has 0 aliphatic carbocycles. The van der Waals surface area contributed by atoms with Gasteiger partial charge in [-0.3, -0.25) is 0 Å². The first kappa shape index (κ1) is 8.28. The minimum Gasteiger partial charge on any atom is -0.423 e. The molecule has 0 spiro atoms. The van der Waals surface area contributed by atoms with Crippen molar-refractivity contribution >= 4 is 18.2 Å². The highest BCUT2D eigenvalue weighted by molar-refractivity contribution is 6.58. The Morgan fingerprint density at radius 3 is 2.77 bits per heavy atom. The van der Waals surface area contributed by atoms with Crippen LogP contribution >= 0.6 is 0 Å². The normalized spacial score (nSPS) is 10.7. The fourth-order valence-corrected chi connectivity index (χ4v) is 1.29. The molecule has 0 radical (unpaired) electrons. The fraction of sp³-hybridized carbons (Fsp3) is 0.125. The van der Waals surface area contributed by atoms with Crippen molar-refractivity contribution in [1.82, 2.24) is 9.38 Å². The van der Waals surface area contributed by atoms with Gasteiger partial charge < -0.3 is 14.4 Å². The molecule has 0 amide bonds. The van der Waals surface area contributed by atoms with E-state index in [9.17, 15) is 0 Å². The highest BCUT2D eigenvalue weighted by Crippen LogP contribution is 2.01. The van der Waals surface area contributed by atoms with E-state index in [1.165, 1.54) is 0 Å². The summed E-state index contributed by atoms with van der Waals surface area (Å²) in [5, 5.41) is 17.8. The lowest BCUT2D eigenvalue weighted by atomic mass is 9.82. The lowest BCUT2D eigenvalue weighted by molar-refractivity contribution is 0.425. The summed E-state index contributed by atoms with van der Waals surface area (Å²) in [5.74, 6) is 0. The van der Waals surface area contributed by atoms with Gasteiger partial charge in [-0.2, -0.15) is 0 Å². The SMILES string of the molecule is Cc1cn2cc(B(O)O)ccc2n1. The minimum absolute atomic E-state index is 0.463. The summed E-state index contributed by atoms with van der Waals surface area (Å²) in [5.41, 5.74) is 2.18. The van der Waals surface area contributed by atoms with Crippen molar-refractivity contribution in [1.29, 1.82) is 0 Å². The maximum Gasteiger partial charge on any atom is 0.489 e. The van der Waals surface area contributed by atoms with E-state index in [4.69, 9.17) is 10.0 Å². The van der Waals surface area contributed by atoms with Crippen LogP contribution in [0.25, 0.3) is 5.65 Å². The molecule has 0 atom stereocenters. The van der Waals surface area contributed by atoms with Crippen LogP contribution in [0.4, 0.5) is 0 Å². The summed E-state index contributed by atoms with van der Waals surface area (Å²) in [6.07, 6.45) is 3.49. The van der Waals surface area contributed by atoms with Crippen LogP contribution in [-0.4, -0.2) is 26.6 Å². The molecule has 0 aliphatic rings. The molecule has 0 bridgehead atoms. The lowest BCUT2D eigenvalue weighted by Gasteiger charge is -1.99. The molecular formula is C8H9BN2O2. The average Bonchev–Trinajstić information content (AvgIpc) is 2.42. The summed E-state index contributed by atoms with van der Waals surface area (Å²) in [4.78, 5) is 4.21. The number of rotatable bonds is 1. The molecule has 2 N–H and O–H groups in total. The number of nitrogens with zero attached hydrogens (tertiary/aromatic N) is 2. The molecule has 13 heavy (non-hydrogen) atoms. The second-order valence-electron chi connectivity index (χ2n) is 2.98. The third kappa shape index (κ3) is 1.43. The maximum absolute atomic E-state index is 8.91. The van der Waals surface area contributed by atoms with Crippen LogP contribution in [0.5, 0.6) is 0 Å². The highest BCUT2D eigenvalue weighted by Gasteiger charge is 2.11. The van der Waals surface area contributed by atoms with Crippen LogP contribution < -0.4 is 5.46 Å². The molecule has 66 valence electrons. The Morgan fingerprint density at radius 2 is 2.08 bits per heavy atom. The average molecular weight is 176 g/mol. The van der Waals surface area contributed by atoms with E-state index in [1.54, 1.807) is 22.7 Å². The van der Waals surface area contributed by atoms with E-state index in [0.717, 1.165) is 11.3 Å². The molecule has 0 fully saturated rings. The molecule has 2 aromatic heterocycles. The molecule has 0 unspecified atom stereocenters. The number of imidazole rings is 1. The smallest absolute Gasteiger partial charge is 0.423 e. The molecule has 4 nitrogen and oxygen atoms in total. The Kier molecular flexibility index (Phi) is 1.83. The zero-order chi connectivity index (χ0) is 9.42. The van der Waals surface area contributed by atoms with Gasteiger partial charge in [0, 0.05) is 12.4 Å². The fourth-order valence-electron chi connectivity index (χ4n) is 1.29. The number of aryl methyl sites for hydroxylation is 1. The second-order valence-corrected chi connectivity index (χ2v) is 2.98. The van der Waals surface area contributed by atoms with Gasteiger partial charge in [-0.15, -0.1) is 0 Å². The van der Waals surface area contributed by atoms with Crippen molar-refractivity contribution in [2.75, 3.05) is 0 Å². The minimum atomic E-state index is -1.42. The van der Waals surface area contributed by atoms with Crippen molar-refractivity contribution in [3.8, 4) is 0 Å². The van der Waals surface area contributed by atoms with Crippen molar-refractivity contribution in [3.05, 3.63) is 30.2 Å². The first-order valence-electron chi connectivity index (χ1n) is 3.98. The summed E-state index contributed by atoms with van der Waals surface area (Å²) in [6.45, 7) is 1.89. The number of aromatic nitrogens is 2. The number of hydrogen-bond acceptors (Lipinski definition) is 3. The number of fused-ring (bicyclic) bond motifs is 1. The molecule has 0 aliphatic heterocycles. The lowest BCUT2D eigenvalue weighted by Crippen LogP contribution is -2.30. The Labute approximate surface area is 75.6 Å². The van der Waals surface area contributed by atoms with Crippen LogP contribution in [0.1, 0.15) is 5.69 Å². The van der Waals surface area contributed by atoms with Gasteiger partial charge in [0.05, 0.1) is 5.69 Å².